The van der Waals surface area contributed by atoms with Crippen molar-refractivity contribution in [2.24, 2.45) is 0 Å². The lowest BCUT2D eigenvalue weighted by molar-refractivity contribution is 0.00699. The molecule has 0 saturated carbocycles. The predicted molar refractivity (Wildman–Crippen MR) is 148 cm³/mol. The zero-order chi connectivity index (χ0) is 27.0. The number of halogens is 2. The van der Waals surface area contributed by atoms with Crippen molar-refractivity contribution in [1.82, 2.24) is 5.32 Å². The number of nitrogens with one attached hydrogen (secondary N) is 2. The monoisotopic (exact) mass is 558 g/mol. The van der Waals surface area contributed by atoms with Crippen LogP contribution in [0.25, 0.3) is 10.4 Å². The van der Waals surface area contributed by atoms with Gasteiger partial charge >= 0.3 is 12.0 Å². The molecule has 9 heteroatoms. The van der Waals surface area contributed by atoms with Crippen molar-refractivity contribution >= 4 is 39.7 Å². The van der Waals surface area contributed by atoms with E-state index in [1.54, 1.807) is 6.07 Å². The lowest BCUT2D eigenvalue weighted by Crippen LogP contribution is -2.30. The van der Waals surface area contributed by atoms with Crippen molar-refractivity contribution in [3.8, 4) is 10.4 Å². The van der Waals surface area contributed by atoms with Gasteiger partial charge in [0, 0.05) is 26.7 Å². The van der Waals surface area contributed by atoms with Crippen molar-refractivity contribution in [2.45, 2.75) is 84.3 Å². The molecule has 5 nitrogen and oxygen atoms in total. The zero-order valence-corrected chi connectivity index (χ0v) is 23.5. The second kappa shape index (κ2) is 10.8. The van der Waals surface area contributed by atoms with E-state index in [1.165, 1.54) is 33.6 Å². The average molecular weight is 559 g/mol. The van der Waals surface area contributed by atoms with E-state index in [2.05, 4.69) is 10.6 Å². The molecule has 0 bridgehead atoms. The number of ether oxygens (including phenoxy) is 1. The van der Waals surface area contributed by atoms with Crippen LogP contribution in [-0.4, -0.2) is 17.6 Å². The molecule has 2 heterocycles. The molecule has 38 heavy (non-hydrogen) atoms. The maximum Gasteiger partial charge on any atom is 0.341 e. The summed E-state index contributed by atoms with van der Waals surface area (Å²) in [5, 5.41) is 6.30. The minimum Gasteiger partial charge on any atom is -0.456 e. The highest BCUT2D eigenvalue weighted by Gasteiger charge is 2.30. The summed E-state index contributed by atoms with van der Waals surface area (Å²) in [5.41, 5.74) is 2.95. The van der Waals surface area contributed by atoms with E-state index in [9.17, 15) is 18.4 Å². The summed E-state index contributed by atoms with van der Waals surface area (Å²) in [7, 11) is 0. The van der Waals surface area contributed by atoms with E-state index >= 15 is 0 Å². The topological polar surface area (TPSA) is 67.4 Å². The number of carbonyl (C=O) groups is 2. The molecule has 5 rings (SSSR count). The molecule has 0 radical (unpaired) electrons. The molecule has 0 atom stereocenters. The fourth-order valence-corrected chi connectivity index (χ4v) is 7.93. The summed E-state index contributed by atoms with van der Waals surface area (Å²) in [6.45, 7) is 5.65. The van der Waals surface area contributed by atoms with E-state index in [1.807, 2.05) is 20.8 Å². The number of benzene rings is 1. The lowest BCUT2D eigenvalue weighted by Gasteiger charge is -2.21. The van der Waals surface area contributed by atoms with Crippen LogP contribution in [0, 0.1) is 11.6 Å². The Labute approximate surface area is 229 Å². The number of fused-ring (bicyclic) bond motifs is 2. The fraction of sp³-hybridized carbons (Fsp3) is 0.448. The van der Waals surface area contributed by atoms with Crippen molar-refractivity contribution in [3.05, 3.63) is 61.8 Å². The number of hydrogen-bond donors (Lipinski definition) is 2. The van der Waals surface area contributed by atoms with Crippen LogP contribution in [0.3, 0.4) is 0 Å². The van der Waals surface area contributed by atoms with Crippen LogP contribution in [0.1, 0.15) is 83.3 Å². The molecular weight excluding hydrogens is 526 g/mol. The van der Waals surface area contributed by atoms with Gasteiger partial charge in [0.25, 0.3) is 0 Å². The third kappa shape index (κ3) is 5.50. The summed E-state index contributed by atoms with van der Waals surface area (Å²) >= 11 is 2.92. The number of hydrogen-bond acceptors (Lipinski definition) is 5. The minimum absolute atomic E-state index is 0.176. The largest absolute Gasteiger partial charge is 0.456 e. The van der Waals surface area contributed by atoms with Gasteiger partial charge in [0.15, 0.2) is 11.6 Å². The highest BCUT2D eigenvalue weighted by atomic mass is 32.1. The van der Waals surface area contributed by atoms with Gasteiger partial charge in [-0.1, -0.05) is 12.1 Å². The van der Waals surface area contributed by atoms with Gasteiger partial charge in [-0.05, 0) is 94.9 Å². The summed E-state index contributed by atoms with van der Waals surface area (Å²) in [5.74, 6) is -2.19. The normalized spacial score (nSPS) is 15.0. The van der Waals surface area contributed by atoms with Crippen molar-refractivity contribution < 1.29 is 23.1 Å². The molecule has 202 valence electrons. The van der Waals surface area contributed by atoms with Crippen LogP contribution < -0.4 is 10.6 Å². The Hall–Kier alpha value is -2.78. The highest BCUT2D eigenvalue weighted by Crippen LogP contribution is 2.42. The quantitative estimate of drug-likeness (QED) is 0.314. The second-order valence-corrected chi connectivity index (χ2v) is 13.1. The van der Waals surface area contributed by atoms with Crippen LogP contribution >= 0.6 is 22.7 Å². The molecule has 0 spiro atoms. The zero-order valence-electron chi connectivity index (χ0n) is 21.9. The molecule has 1 aromatic carbocycles. The van der Waals surface area contributed by atoms with Crippen molar-refractivity contribution in [3.63, 3.8) is 0 Å². The van der Waals surface area contributed by atoms with Gasteiger partial charge in [0.2, 0.25) is 0 Å². The minimum atomic E-state index is -0.887. The van der Waals surface area contributed by atoms with Gasteiger partial charge in [0.1, 0.15) is 10.6 Å². The van der Waals surface area contributed by atoms with Crippen LogP contribution in [0.5, 0.6) is 0 Å². The summed E-state index contributed by atoms with van der Waals surface area (Å²) in [6, 6.07) is 3.76. The van der Waals surface area contributed by atoms with E-state index in [0.717, 1.165) is 79.0 Å². The Bertz CT molecular complexity index is 1390. The highest BCUT2D eigenvalue weighted by molar-refractivity contribution is 7.17. The summed E-state index contributed by atoms with van der Waals surface area (Å²) in [4.78, 5) is 29.2. The Balaban J connectivity index is 1.40. The third-order valence-corrected chi connectivity index (χ3v) is 9.48. The Morgan fingerprint density at radius 1 is 0.947 bits per heavy atom. The van der Waals surface area contributed by atoms with Crippen molar-refractivity contribution in [1.29, 1.82) is 0 Å². The maximum absolute atomic E-state index is 14.8. The number of thiophene rings is 2. The van der Waals surface area contributed by atoms with E-state index < -0.39 is 29.2 Å². The van der Waals surface area contributed by atoms with Gasteiger partial charge in [-0.3, -0.25) is 5.32 Å². The molecule has 3 aromatic rings. The molecule has 2 aromatic heterocycles. The second-order valence-electron chi connectivity index (χ2n) is 10.8. The number of carbonyl (C=O) groups excluding carboxylic acids is 2. The molecule has 0 fully saturated rings. The van der Waals surface area contributed by atoms with Crippen LogP contribution in [0.4, 0.5) is 18.6 Å². The summed E-state index contributed by atoms with van der Waals surface area (Å²) < 4.78 is 34.5. The number of rotatable bonds is 5. The molecule has 0 unspecified atom stereocenters. The molecule has 2 amide bonds. The van der Waals surface area contributed by atoms with Gasteiger partial charge in [-0.2, -0.15) is 0 Å². The first kappa shape index (κ1) is 26.8. The van der Waals surface area contributed by atoms with Crippen LogP contribution in [0.2, 0.25) is 0 Å². The standard InChI is InChI=1S/C29H32F2N2O3S2/c1-29(2,3)36-27(34)23-17-10-5-7-14-22(17)38-26(23)33-28(35)32-15-19-16-9-4-6-13-21(16)37-25(19)18-11-8-12-20(30)24(18)31/h8,11-12H,4-7,9-10,13-15H2,1-3H3,(H2,32,33,35). The fourth-order valence-electron chi connectivity index (χ4n) is 5.23. The van der Waals surface area contributed by atoms with E-state index in [4.69, 9.17) is 4.74 Å². The van der Waals surface area contributed by atoms with E-state index in [-0.39, 0.29) is 12.1 Å². The smallest absolute Gasteiger partial charge is 0.341 e. The molecule has 2 N–H and O–H groups in total. The number of esters is 1. The maximum atomic E-state index is 14.8. The number of amides is 2. The van der Waals surface area contributed by atoms with Gasteiger partial charge < -0.3 is 10.1 Å². The molecule has 2 aliphatic rings. The van der Waals surface area contributed by atoms with E-state index in [0.29, 0.717) is 15.4 Å². The molecule has 0 saturated heterocycles. The van der Waals surface area contributed by atoms with Crippen molar-refractivity contribution in [2.75, 3.05) is 5.32 Å². The number of urea groups is 1. The van der Waals surface area contributed by atoms with Crippen LogP contribution in [-0.2, 0) is 37.0 Å². The first-order valence-corrected chi connectivity index (χ1v) is 14.8. The number of aryl methyl sites for hydroxylation is 2. The Morgan fingerprint density at radius 3 is 2.32 bits per heavy atom. The predicted octanol–water partition coefficient (Wildman–Crippen LogP) is 7.79. The van der Waals surface area contributed by atoms with Gasteiger partial charge in [0.05, 0.1) is 5.56 Å². The summed E-state index contributed by atoms with van der Waals surface area (Å²) in [6.07, 6.45) is 7.54. The molecular formula is C29H32F2N2O3S2. The van der Waals surface area contributed by atoms with Crippen LogP contribution in [0.15, 0.2) is 18.2 Å². The first-order valence-electron chi connectivity index (χ1n) is 13.1. The first-order chi connectivity index (χ1) is 18.1. The average Bonchev–Trinajstić information content (AvgIpc) is 3.41. The SMILES string of the molecule is CC(C)(C)OC(=O)c1c(NC(=O)NCc2c(-c3cccc(F)c3F)sc3c2CCCC3)sc2c1CCCC2. The molecule has 0 aliphatic heterocycles. The van der Waals surface area contributed by atoms with Gasteiger partial charge in [-0.25, -0.2) is 18.4 Å². The number of anilines is 1. The third-order valence-electron chi connectivity index (χ3n) is 6.90. The molecule has 2 aliphatic carbocycles. The Morgan fingerprint density at radius 2 is 1.61 bits per heavy atom. The van der Waals surface area contributed by atoms with Gasteiger partial charge in [-0.15, -0.1) is 22.7 Å². The Kier molecular flexibility index (Phi) is 7.60. The lowest BCUT2D eigenvalue weighted by atomic mass is 9.93.